The van der Waals surface area contributed by atoms with Gasteiger partial charge in [-0.2, -0.15) is 5.10 Å². The third-order valence-electron chi connectivity index (χ3n) is 2.72. The molecule has 3 rings (SSSR count). The number of halogens is 1. The minimum absolute atomic E-state index is 0.671. The van der Waals surface area contributed by atoms with Gasteiger partial charge in [0.25, 0.3) is 0 Å². The molecule has 0 aliphatic carbocycles. The molecule has 0 aliphatic rings. The summed E-state index contributed by atoms with van der Waals surface area (Å²) in [5.41, 5.74) is 2.60. The quantitative estimate of drug-likeness (QED) is 0.801. The summed E-state index contributed by atoms with van der Waals surface area (Å²) in [6, 6.07) is 9.49. The minimum Gasteiger partial charge on any atom is -0.338 e. The van der Waals surface area contributed by atoms with Crippen LogP contribution < -0.4 is 5.32 Å². The Morgan fingerprint density at radius 1 is 1.15 bits per heavy atom. The molecular formula is C14H12ClN5. The van der Waals surface area contributed by atoms with Crippen molar-refractivity contribution in [2.75, 3.05) is 5.32 Å². The van der Waals surface area contributed by atoms with Crippen molar-refractivity contribution in [3.8, 4) is 5.69 Å². The third-order valence-corrected chi connectivity index (χ3v) is 2.95. The first-order valence-corrected chi connectivity index (χ1v) is 6.45. The molecule has 2 heterocycles. The molecule has 0 saturated heterocycles. The summed E-state index contributed by atoms with van der Waals surface area (Å²) in [6.07, 6.45) is 4.90. The van der Waals surface area contributed by atoms with Gasteiger partial charge in [-0.25, -0.2) is 14.6 Å². The summed E-state index contributed by atoms with van der Waals surface area (Å²) in [5.74, 6) is 0.833. The fourth-order valence-electron chi connectivity index (χ4n) is 1.90. The van der Waals surface area contributed by atoms with Gasteiger partial charge in [0.15, 0.2) is 0 Å². The highest BCUT2D eigenvalue weighted by molar-refractivity contribution is 6.30. The fraction of sp³-hybridized carbons (Fsp3) is 0.0714. The molecule has 5 nitrogen and oxygen atoms in total. The fourth-order valence-corrected chi connectivity index (χ4v) is 2.09. The normalized spacial score (nSPS) is 10.5. The zero-order valence-corrected chi connectivity index (χ0v) is 11.5. The Kier molecular flexibility index (Phi) is 3.35. The largest absolute Gasteiger partial charge is 0.338 e. The molecule has 2 aromatic heterocycles. The molecule has 0 bridgehead atoms. The second kappa shape index (κ2) is 5.30. The van der Waals surface area contributed by atoms with Gasteiger partial charge in [-0.1, -0.05) is 17.7 Å². The Morgan fingerprint density at radius 2 is 1.95 bits per heavy atom. The van der Waals surface area contributed by atoms with Crippen LogP contribution in [0.5, 0.6) is 0 Å². The van der Waals surface area contributed by atoms with E-state index >= 15 is 0 Å². The molecule has 0 unspecified atom stereocenters. The average molecular weight is 286 g/mol. The first-order valence-electron chi connectivity index (χ1n) is 6.07. The topological polar surface area (TPSA) is 55.6 Å². The van der Waals surface area contributed by atoms with Crippen molar-refractivity contribution >= 4 is 23.1 Å². The highest BCUT2D eigenvalue weighted by Gasteiger charge is 2.08. The van der Waals surface area contributed by atoms with Crippen LogP contribution in [0, 0.1) is 6.92 Å². The summed E-state index contributed by atoms with van der Waals surface area (Å²) in [4.78, 5) is 7.96. The van der Waals surface area contributed by atoms with Crippen molar-refractivity contribution in [2.45, 2.75) is 6.92 Å². The van der Waals surface area contributed by atoms with Gasteiger partial charge in [0, 0.05) is 11.1 Å². The van der Waals surface area contributed by atoms with E-state index in [9.17, 15) is 0 Å². The number of aromatic nitrogens is 4. The lowest BCUT2D eigenvalue weighted by Gasteiger charge is -2.09. The maximum atomic E-state index is 6.03. The second-order valence-electron chi connectivity index (χ2n) is 4.31. The molecule has 1 N–H and O–H groups in total. The van der Waals surface area contributed by atoms with E-state index in [-0.39, 0.29) is 0 Å². The van der Waals surface area contributed by atoms with E-state index in [4.69, 9.17) is 11.6 Å². The Hall–Kier alpha value is -2.40. The first-order chi connectivity index (χ1) is 9.72. The van der Waals surface area contributed by atoms with E-state index in [1.807, 2.05) is 37.3 Å². The standard InChI is InChI=1S/C14H12ClN5/c1-10-5-14(18-12-7-16-9-17-8-12)20(19-10)13-4-2-3-11(15)6-13/h2-9,18H,1H3. The predicted octanol–water partition coefficient (Wildman–Crippen LogP) is 3.37. The van der Waals surface area contributed by atoms with Crippen molar-refractivity contribution in [1.29, 1.82) is 0 Å². The van der Waals surface area contributed by atoms with Crippen LogP contribution in [0.1, 0.15) is 5.69 Å². The maximum Gasteiger partial charge on any atom is 0.134 e. The molecule has 6 heteroatoms. The number of nitrogens with one attached hydrogen (secondary N) is 1. The highest BCUT2D eigenvalue weighted by atomic mass is 35.5. The van der Waals surface area contributed by atoms with Gasteiger partial charge in [-0.05, 0) is 25.1 Å². The zero-order valence-electron chi connectivity index (χ0n) is 10.8. The zero-order chi connectivity index (χ0) is 13.9. The molecule has 0 saturated carbocycles. The van der Waals surface area contributed by atoms with E-state index in [2.05, 4.69) is 20.4 Å². The van der Waals surface area contributed by atoms with Crippen LogP contribution in [0.4, 0.5) is 11.5 Å². The molecule has 20 heavy (non-hydrogen) atoms. The Morgan fingerprint density at radius 3 is 2.70 bits per heavy atom. The lowest BCUT2D eigenvalue weighted by Crippen LogP contribution is -2.02. The number of benzene rings is 1. The number of hydrogen-bond donors (Lipinski definition) is 1. The van der Waals surface area contributed by atoms with Gasteiger partial charge in [0.1, 0.15) is 12.1 Å². The molecule has 0 fully saturated rings. The predicted molar refractivity (Wildman–Crippen MR) is 78.6 cm³/mol. The summed E-state index contributed by atoms with van der Waals surface area (Å²) in [6.45, 7) is 1.94. The molecule has 0 spiro atoms. The smallest absolute Gasteiger partial charge is 0.134 e. The van der Waals surface area contributed by atoms with Gasteiger partial charge >= 0.3 is 0 Å². The van der Waals surface area contributed by atoms with Crippen LogP contribution in [0.15, 0.2) is 49.1 Å². The average Bonchev–Trinajstić information content (AvgIpc) is 2.81. The molecule has 1 aromatic carbocycles. The van der Waals surface area contributed by atoms with E-state index < -0.39 is 0 Å². The van der Waals surface area contributed by atoms with Crippen LogP contribution in [-0.4, -0.2) is 19.7 Å². The Labute approximate surface area is 121 Å². The highest BCUT2D eigenvalue weighted by Crippen LogP contribution is 2.22. The SMILES string of the molecule is Cc1cc(Nc2cncnc2)n(-c2cccc(Cl)c2)n1. The van der Waals surface area contributed by atoms with Gasteiger partial charge in [-0.15, -0.1) is 0 Å². The number of nitrogens with zero attached hydrogens (tertiary/aromatic N) is 4. The van der Waals surface area contributed by atoms with Crippen LogP contribution in [0.3, 0.4) is 0 Å². The van der Waals surface area contributed by atoms with Gasteiger partial charge in [0.2, 0.25) is 0 Å². The van der Waals surface area contributed by atoms with Gasteiger partial charge < -0.3 is 5.32 Å². The molecular weight excluding hydrogens is 274 g/mol. The Balaban J connectivity index is 2.00. The van der Waals surface area contributed by atoms with Gasteiger partial charge in [-0.3, -0.25) is 0 Å². The van der Waals surface area contributed by atoms with Crippen LogP contribution >= 0.6 is 11.6 Å². The van der Waals surface area contributed by atoms with Crippen molar-refractivity contribution in [1.82, 2.24) is 19.7 Å². The van der Waals surface area contributed by atoms with Crippen molar-refractivity contribution in [2.24, 2.45) is 0 Å². The summed E-state index contributed by atoms with van der Waals surface area (Å²) in [7, 11) is 0. The maximum absolute atomic E-state index is 6.03. The molecule has 3 aromatic rings. The summed E-state index contributed by atoms with van der Waals surface area (Å²) < 4.78 is 1.80. The number of hydrogen-bond acceptors (Lipinski definition) is 4. The molecule has 0 aliphatic heterocycles. The van der Waals surface area contributed by atoms with E-state index in [0.29, 0.717) is 5.02 Å². The first kappa shape index (κ1) is 12.6. The molecule has 0 radical (unpaired) electrons. The molecule has 100 valence electrons. The van der Waals surface area contributed by atoms with Crippen LogP contribution in [-0.2, 0) is 0 Å². The van der Waals surface area contributed by atoms with Crippen LogP contribution in [0.2, 0.25) is 5.02 Å². The lowest BCUT2D eigenvalue weighted by molar-refractivity contribution is 0.869. The molecule has 0 atom stereocenters. The number of rotatable bonds is 3. The molecule has 0 amide bonds. The second-order valence-corrected chi connectivity index (χ2v) is 4.75. The van der Waals surface area contributed by atoms with Crippen molar-refractivity contribution < 1.29 is 0 Å². The van der Waals surface area contributed by atoms with E-state index in [1.54, 1.807) is 17.1 Å². The van der Waals surface area contributed by atoms with Crippen molar-refractivity contribution in [3.05, 3.63) is 59.8 Å². The summed E-state index contributed by atoms with van der Waals surface area (Å²) >= 11 is 6.03. The van der Waals surface area contributed by atoms with E-state index in [0.717, 1.165) is 22.9 Å². The monoisotopic (exact) mass is 285 g/mol. The number of aryl methyl sites for hydroxylation is 1. The van der Waals surface area contributed by atoms with Crippen LogP contribution in [0.25, 0.3) is 5.69 Å². The lowest BCUT2D eigenvalue weighted by atomic mass is 10.3. The van der Waals surface area contributed by atoms with E-state index in [1.165, 1.54) is 6.33 Å². The third kappa shape index (κ3) is 2.62. The minimum atomic E-state index is 0.671. The summed E-state index contributed by atoms with van der Waals surface area (Å²) in [5, 5.41) is 8.39. The Bertz CT molecular complexity index is 723. The van der Waals surface area contributed by atoms with Gasteiger partial charge in [0.05, 0.1) is 29.5 Å². The number of anilines is 2. The van der Waals surface area contributed by atoms with Crippen molar-refractivity contribution in [3.63, 3.8) is 0 Å².